The van der Waals surface area contributed by atoms with Crippen LogP contribution in [0.4, 0.5) is 0 Å². The number of rotatable bonds is 4. The molecular formula is C8H6Cl4O10. The predicted octanol–water partition coefficient (Wildman–Crippen LogP) is 1.71. The van der Waals surface area contributed by atoms with Gasteiger partial charge in [-0.3, -0.25) is 10.5 Å². The van der Waals surface area contributed by atoms with Crippen LogP contribution < -0.4 is 0 Å². The summed E-state index contributed by atoms with van der Waals surface area (Å²) in [5.74, 6) is -6.24. The van der Waals surface area contributed by atoms with E-state index in [0.717, 1.165) is 0 Å². The smallest absolute Gasteiger partial charge is 0.349 e. The van der Waals surface area contributed by atoms with E-state index in [0.29, 0.717) is 0 Å². The number of hydrogen-bond donors (Lipinski definition) is 6. The van der Waals surface area contributed by atoms with Gasteiger partial charge < -0.3 is 20.4 Å². The Kier molecular flexibility index (Phi) is 15.2. The highest BCUT2D eigenvalue weighted by Gasteiger charge is 2.15. The second-order valence-corrected chi connectivity index (χ2v) is 3.99. The standard InChI is InChI=1S/2C4H2Cl2O4.H2O2/c2*5-1(3(7)8)2(6)4(9)10;1-2/h2*(H,7,8)(H,9,10);1-2H/b2*2-1-;. The van der Waals surface area contributed by atoms with E-state index in [-0.39, 0.29) is 0 Å². The van der Waals surface area contributed by atoms with E-state index in [1.165, 1.54) is 0 Å². The lowest BCUT2D eigenvalue weighted by atomic mass is 10.5. The van der Waals surface area contributed by atoms with Crippen LogP contribution >= 0.6 is 46.4 Å². The first-order valence-electron chi connectivity index (χ1n) is 4.17. The zero-order valence-electron chi connectivity index (χ0n) is 9.83. The molecule has 0 fully saturated rings. The summed E-state index contributed by atoms with van der Waals surface area (Å²) < 4.78 is 0. The topological polar surface area (TPSA) is 190 Å². The predicted molar refractivity (Wildman–Crippen MR) is 73.3 cm³/mol. The van der Waals surface area contributed by atoms with Crippen LogP contribution in [0.3, 0.4) is 0 Å². The van der Waals surface area contributed by atoms with Crippen LogP contribution in [-0.2, 0) is 19.2 Å². The van der Waals surface area contributed by atoms with E-state index in [1.54, 1.807) is 0 Å². The second kappa shape index (κ2) is 13.1. The maximum atomic E-state index is 9.91. The average Bonchev–Trinajstić information content (AvgIpc) is 2.46. The monoisotopic (exact) mass is 402 g/mol. The Labute approximate surface area is 140 Å². The molecule has 14 heteroatoms. The molecule has 0 heterocycles. The SMILES string of the molecule is O=C(O)/C(Cl)=C(/Cl)C(=O)O.O=C(O)/C(Cl)=C(/Cl)C(=O)O.OO. The summed E-state index contributed by atoms with van der Waals surface area (Å²) in [6.07, 6.45) is 0. The molecule has 0 aliphatic heterocycles. The molecule has 6 N–H and O–H groups in total. The van der Waals surface area contributed by atoms with Crippen LogP contribution in [0.2, 0.25) is 0 Å². The number of carbonyl (C=O) groups is 4. The Bertz CT molecular complexity index is 419. The largest absolute Gasteiger partial charge is 0.477 e. The van der Waals surface area contributed by atoms with Crippen LogP contribution in [0.5, 0.6) is 0 Å². The van der Waals surface area contributed by atoms with Gasteiger partial charge in [0.2, 0.25) is 0 Å². The molecule has 0 saturated carbocycles. The Hall–Kier alpha value is -1.56. The van der Waals surface area contributed by atoms with Gasteiger partial charge in [0.15, 0.2) is 20.1 Å². The van der Waals surface area contributed by atoms with E-state index < -0.39 is 44.0 Å². The fourth-order valence-electron chi connectivity index (χ4n) is 0.376. The minimum absolute atomic E-state index is 0.894. The molecule has 0 rings (SSSR count). The van der Waals surface area contributed by atoms with Gasteiger partial charge in [-0.15, -0.1) is 0 Å². The minimum atomic E-state index is -1.56. The lowest BCUT2D eigenvalue weighted by Gasteiger charge is -1.90. The van der Waals surface area contributed by atoms with E-state index in [2.05, 4.69) is 0 Å². The van der Waals surface area contributed by atoms with Crippen LogP contribution in [0, 0.1) is 0 Å². The van der Waals surface area contributed by atoms with Crippen LogP contribution in [-0.4, -0.2) is 54.8 Å². The molecule has 0 bridgehead atoms. The third-order valence-corrected chi connectivity index (χ3v) is 2.73. The number of aliphatic carboxylic acids is 4. The molecule has 22 heavy (non-hydrogen) atoms. The molecule has 0 amide bonds. The highest BCUT2D eigenvalue weighted by Crippen LogP contribution is 2.14. The van der Waals surface area contributed by atoms with Gasteiger partial charge in [0.1, 0.15) is 0 Å². The molecule has 0 aliphatic carbocycles. The fourth-order valence-corrected chi connectivity index (χ4v) is 0.699. The first kappa shape index (κ1) is 25.4. The maximum absolute atomic E-state index is 9.91. The molecule has 0 spiro atoms. The Morgan fingerprint density at radius 2 is 0.545 bits per heavy atom. The van der Waals surface area contributed by atoms with Crippen molar-refractivity contribution >= 4 is 70.3 Å². The maximum Gasteiger partial charge on any atom is 0.349 e. The van der Waals surface area contributed by atoms with Crippen molar-refractivity contribution in [2.75, 3.05) is 0 Å². The molecule has 0 saturated heterocycles. The summed E-state index contributed by atoms with van der Waals surface area (Å²) in [7, 11) is 0. The molecule has 0 aromatic heterocycles. The van der Waals surface area contributed by atoms with E-state index >= 15 is 0 Å². The van der Waals surface area contributed by atoms with Crippen molar-refractivity contribution in [2.24, 2.45) is 0 Å². The van der Waals surface area contributed by atoms with Crippen molar-refractivity contribution in [1.82, 2.24) is 0 Å². The van der Waals surface area contributed by atoms with Crippen molar-refractivity contribution in [3.05, 3.63) is 20.1 Å². The van der Waals surface area contributed by atoms with E-state index in [4.69, 9.17) is 77.3 Å². The van der Waals surface area contributed by atoms with Gasteiger partial charge in [0.25, 0.3) is 0 Å². The molecule has 0 unspecified atom stereocenters. The van der Waals surface area contributed by atoms with Crippen LogP contribution in [0.25, 0.3) is 0 Å². The Morgan fingerprint density at radius 3 is 0.591 bits per heavy atom. The lowest BCUT2D eigenvalue weighted by Crippen LogP contribution is -2.02. The van der Waals surface area contributed by atoms with Gasteiger partial charge in [-0.05, 0) is 0 Å². The summed E-state index contributed by atoms with van der Waals surface area (Å²) in [5.41, 5.74) is 0. The minimum Gasteiger partial charge on any atom is -0.477 e. The third kappa shape index (κ3) is 11.1. The summed E-state index contributed by atoms with van der Waals surface area (Å²) in [6.45, 7) is 0. The lowest BCUT2D eigenvalue weighted by molar-refractivity contribution is -0.176. The van der Waals surface area contributed by atoms with Gasteiger partial charge in [-0.2, -0.15) is 0 Å². The van der Waals surface area contributed by atoms with Crippen LogP contribution in [0.1, 0.15) is 0 Å². The number of carboxylic acid groups (broad SMARTS) is 4. The fraction of sp³-hybridized carbons (Fsp3) is 0. The summed E-state index contributed by atoms with van der Waals surface area (Å²) >= 11 is 19.7. The zero-order chi connectivity index (χ0) is 18.6. The third-order valence-electron chi connectivity index (χ3n) is 1.14. The summed E-state index contributed by atoms with van der Waals surface area (Å²) in [6, 6.07) is 0. The highest BCUT2D eigenvalue weighted by atomic mass is 35.5. The van der Waals surface area contributed by atoms with Crippen molar-refractivity contribution in [3.63, 3.8) is 0 Å². The van der Waals surface area contributed by atoms with Gasteiger partial charge in [0, 0.05) is 0 Å². The average molecular weight is 404 g/mol. The van der Waals surface area contributed by atoms with Crippen molar-refractivity contribution in [3.8, 4) is 0 Å². The van der Waals surface area contributed by atoms with Gasteiger partial charge in [-0.25, -0.2) is 19.2 Å². The highest BCUT2D eigenvalue weighted by molar-refractivity contribution is 6.53. The number of halogens is 4. The molecule has 0 radical (unpaired) electrons. The molecular weight excluding hydrogens is 398 g/mol. The van der Waals surface area contributed by atoms with Crippen molar-refractivity contribution in [2.45, 2.75) is 0 Å². The van der Waals surface area contributed by atoms with E-state index in [1.807, 2.05) is 0 Å². The zero-order valence-corrected chi connectivity index (χ0v) is 12.9. The Morgan fingerprint density at radius 1 is 0.455 bits per heavy atom. The molecule has 0 atom stereocenters. The first-order chi connectivity index (χ1) is 9.93. The summed E-state index contributed by atoms with van der Waals surface area (Å²) in [4.78, 5) is 39.6. The molecule has 126 valence electrons. The molecule has 10 nitrogen and oxygen atoms in total. The Balaban J connectivity index is -0.000000294. The van der Waals surface area contributed by atoms with Gasteiger partial charge >= 0.3 is 23.9 Å². The first-order valence-corrected chi connectivity index (χ1v) is 5.68. The van der Waals surface area contributed by atoms with Gasteiger partial charge in [0.05, 0.1) is 0 Å². The molecule has 0 aromatic carbocycles. The van der Waals surface area contributed by atoms with E-state index in [9.17, 15) is 19.2 Å². The molecule has 0 aliphatic rings. The van der Waals surface area contributed by atoms with Gasteiger partial charge in [-0.1, -0.05) is 46.4 Å². The number of carboxylic acids is 4. The normalized spacial score (nSPS) is 11.4. The quantitative estimate of drug-likeness (QED) is 0.229. The van der Waals surface area contributed by atoms with Crippen molar-refractivity contribution in [1.29, 1.82) is 0 Å². The summed E-state index contributed by atoms with van der Waals surface area (Å²) in [5, 5.41) is 40.7. The van der Waals surface area contributed by atoms with Crippen LogP contribution in [0.15, 0.2) is 20.1 Å². The molecule has 0 aromatic rings. The van der Waals surface area contributed by atoms with Crippen molar-refractivity contribution < 1.29 is 50.1 Å². The second-order valence-electron chi connectivity index (χ2n) is 2.48. The number of hydrogen-bond acceptors (Lipinski definition) is 6.